The molecule has 0 unspecified atom stereocenters. The molecular formula is C25H32ClN7OS. The third-order valence-corrected chi connectivity index (χ3v) is 7.72. The highest BCUT2D eigenvalue weighted by molar-refractivity contribution is 7.99. The number of hydrogen-bond donors (Lipinski definition) is 2. The van der Waals surface area contributed by atoms with Gasteiger partial charge in [-0.25, -0.2) is 9.50 Å². The summed E-state index contributed by atoms with van der Waals surface area (Å²) >= 11 is 7.73. The Hall–Kier alpha value is -2.49. The van der Waals surface area contributed by atoms with Crippen LogP contribution in [0.2, 0.25) is 5.02 Å². The predicted molar refractivity (Wildman–Crippen MR) is 144 cm³/mol. The lowest BCUT2D eigenvalue weighted by molar-refractivity contribution is 0.0607. The van der Waals surface area contributed by atoms with Crippen molar-refractivity contribution in [1.82, 2.24) is 24.8 Å². The summed E-state index contributed by atoms with van der Waals surface area (Å²) in [5.41, 5.74) is 4.13. The fourth-order valence-electron chi connectivity index (χ4n) is 5.18. The van der Waals surface area contributed by atoms with Crippen LogP contribution in [-0.4, -0.2) is 64.4 Å². The van der Waals surface area contributed by atoms with Crippen molar-refractivity contribution >= 4 is 46.6 Å². The van der Waals surface area contributed by atoms with Crippen LogP contribution in [0.1, 0.15) is 53.5 Å². The van der Waals surface area contributed by atoms with E-state index in [2.05, 4.69) is 34.0 Å². The summed E-state index contributed by atoms with van der Waals surface area (Å²) < 4.78 is 5.12. The first kappa shape index (κ1) is 24.2. The molecule has 0 spiro atoms. The molecule has 0 bridgehead atoms. The fourth-order valence-corrected chi connectivity index (χ4v) is 5.75. The summed E-state index contributed by atoms with van der Waals surface area (Å²) in [5, 5.41) is 8.84. The standard InChI is InChI=1S/C25H32ClN7OS/c1-16-12-23(31-11-9-18(15-31)27-2)28-24-14-21(29-33(16)24)22-6-4-5-10-32(22)25(34)19-13-17(26)7-8-20(19)30-35-3/h7-8,12-14,18,22,27,30H,4-6,9-11,15H2,1-3H3/t18-,22+/m1/s1. The third-order valence-electron chi connectivity index (χ3n) is 7.06. The molecule has 2 saturated heterocycles. The Bertz CT molecular complexity index is 1230. The molecule has 5 rings (SSSR count). The first-order valence-corrected chi connectivity index (χ1v) is 13.8. The molecule has 0 saturated carbocycles. The van der Waals surface area contributed by atoms with Crippen molar-refractivity contribution in [2.24, 2.45) is 0 Å². The van der Waals surface area contributed by atoms with Crippen molar-refractivity contribution in [2.75, 3.05) is 42.6 Å². The Morgan fingerprint density at radius 3 is 2.80 bits per heavy atom. The molecule has 0 radical (unpaired) electrons. The van der Waals surface area contributed by atoms with Gasteiger partial charge in [0.05, 0.1) is 23.0 Å². The number of likely N-dealkylation sites (tertiary alicyclic amines) is 1. The number of hydrogen-bond acceptors (Lipinski definition) is 7. The van der Waals surface area contributed by atoms with E-state index in [1.807, 2.05) is 28.8 Å². The molecule has 2 N–H and O–H groups in total. The molecular weight excluding hydrogens is 482 g/mol. The van der Waals surface area contributed by atoms with Crippen LogP contribution in [0.15, 0.2) is 30.3 Å². The highest BCUT2D eigenvalue weighted by Crippen LogP contribution is 2.34. The minimum absolute atomic E-state index is 0.0219. The van der Waals surface area contributed by atoms with Crippen LogP contribution in [0.5, 0.6) is 0 Å². The Morgan fingerprint density at radius 1 is 1.17 bits per heavy atom. The zero-order valence-corrected chi connectivity index (χ0v) is 22.0. The van der Waals surface area contributed by atoms with Gasteiger partial charge < -0.3 is 19.8 Å². The van der Waals surface area contributed by atoms with Crippen molar-refractivity contribution in [3.63, 3.8) is 0 Å². The molecule has 10 heteroatoms. The Balaban J connectivity index is 1.47. The molecule has 2 aliphatic heterocycles. The second-order valence-electron chi connectivity index (χ2n) is 9.32. The summed E-state index contributed by atoms with van der Waals surface area (Å²) in [6.07, 6.45) is 5.97. The minimum atomic E-state index is -0.0950. The Morgan fingerprint density at radius 2 is 2.03 bits per heavy atom. The number of benzene rings is 1. The van der Waals surface area contributed by atoms with Gasteiger partial charge in [-0.2, -0.15) is 5.10 Å². The molecule has 8 nitrogen and oxygen atoms in total. The van der Waals surface area contributed by atoms with E-state index < -0.39 is 0 Å². The summed E-state index contributed by atoms with van der Waals surface area (Å²) in [6, 6.07) is 9.98. The summed E-state index contributed by atoms with van der Waals surface area (Å²) in [6.45, 7) is 4.71. The number of likely N-dealkylation sites (N-methyl/N-ethyl adjacent to an activating group) is 1. The number of carbonyl (C=O) groups excluding carboxylic acids is 1. The second kappa shape index (κ2) is 10.2. The van der Waals surface area contributed by atoms with E-state index >= 15 is 0 Å². The maximum atomic E-state index is 13.8. The SMILES string of the molecule is CN[C@@H]1CCN(c2cc(C)n3nc([C@@H]4CCCCN4C(=O)c4cc(Cl)ccc4NSC)cc3n2)C1. The fraction of sp³-hybridized carbons (Fsp3) is 0.480. The van der Waals surface area contributed by atoms with Crippen molar-refractivity contribution in [3.8, 4) is 0 Å². The van der Waals surface area contributed by atoms with E-state index in [-0.39, 0.29) is 11.9 Å². The van der Waals surface area contributed by atoms with E-state index in [9.17, 15) is 4.79 Å². The van der Waals surface area contributed by atoms with Gasteiger partial charge in [-0.05, 0) is 57.9 Å². The number of halogens is 1. The maximum absolute atomic E-state index is 13.8. The molecule has 2 aromatic heterocycles. The van der Waals surface area contributed by atoms with Gasteiger partial charge in [-0.1, -0.05) is 23.5 Å². The van der Waals surface area contributed by atoms with Gasteiger partial charge in [-0.15, -0.1) is 0 Å². The zero-order chi connectivity index (χ0) is 24.5. The van der Waals surface area contributed by atoms with Gasteiger partial charge in [-0.3, -0.25) is 4.79 Å². The van der Waals surface area contributed by atoms with E-state index in [1.165, 1.54) is 11.9 Å². The molecule has 1 aromatic carbocycles. The van der Waals surface area contributed by atoms with Crippen LogP contribution in [0.4, 0.5) is 11.5 Å². The normalized spacial score (nSPS) is 20.6. The number of nitrogens with one attached hydrogen (secondary N) is 2. The monoisotopic (exact) mass is 513 g/mol. The number of fused-ring (bicyclic) bond motifs is 1. The van der Waals surface area contributed by atoms with Gasteiger partial charge in [0.1, 0.15) is 5.82 Å². The van der Waals surface area contributed by atoms with Crippen LogP contribution < -0.4 is 14.9 Å². The van der Waals surface area contributed by atoms with Crippen LogP contribution in [0.3, 0.4) is 0 Å². The van der Waals surface area contributed by atoms with Crippen molar-refractivity contribution in [1.29, 1.82) is 0 Å². The second-order valence-corrected chi connectivity index (χ2v) is 10.4. The molecule has 0 aliphatic carbocycles. The smallest absolute Gasteiger partial charge is 0.256 e. The number of rotatable bonds is 6. The molecule has 35 heavy (non-hydrogen) atoms. The average molecular weight is 514 g/mol. The van der Waals surface area contributed by atoms with E-state index in [0.717, 1.165) is 67.3 Å². The Kier molecular flexibility index (Phi) is 7.09. The van der Waals surface area contributed by atoms with Gasteiger partial charge >= 0.3 is 0 Å². The molecule has 1 amide bonds. The number of aryl methyl sites for hydroxylation is 1. The first-order chi connectivity index (χ1) is 17.0. The van der Waals surface area contributed by atoms with Crippen LogP contribution >= 0.6 is 23.5 Å². The Labute approximate surface area is 215 Å². The predicted octanol–water partition coefficient (Wildman–Crippen LogP) is 4.55. The quantitative estimate of drug-likeness (QED) is 0.468. The van der Waals surface area contributed by atoms with Crippen LogP contribution in [-0.2, 0) is 0 Å². The van der Waals surface area contributed by atoms with Crippen LogP contribution in [0, 0.1) is 6.92 Å². The molecule has 2 atom stereocenters. The largest absolute Gasteiger partial charge is 0.355 e. The number of nitrogens with zero attached hydrogens (tertiary/aromatic N) is 5. The van der Waals surface area contributed by atoms with E-state index in [0.29, 0.717) is 23.2 Å². The number of piperidine rings is 1. The van der Waals surface area contributed by atoms with E-state index in [4.69, 9.17) is 21.7 Å². The lowest BCUT2D eigenvalue weighted by Crippen LogP contribution is -2.39. The highest BCUT2D eigenvalue weighted by atomic mass is 35.5. The molecule has 186 valence electrons. The molecule has 2 fully saturated rings. The molecule has 4 heterocycles. The lowest BCUT2D eigenvalue weighted by atomic mass is 9.98. The van der Waals surface area contributed by atoms with Crippen molar-refractivity contribution in [3.05, 3.63) is 52.3 Å². The van der Waals surface area contributed by atoms with Gasteiger partial charge in [0, 0.05) is 54.8 Å². The number of amides is 1. The van der Waals surface area contributed by atoms with E-state index in [1.54, 1.807) is 12.1 Å². The lowest BCUT2D eigenvalue weighted by Gasteiger charge is -2.35. The summed E-state index contributed by atoms with van der Waals surface area (Å²) in [4.78, 5) is 23.0. The molecule has 3 aromatic rings. The average Bonchev–Trinajstić information content (AvgIpc) is 3.52. The zero-order valence-electron chi connectivity index (χ0n) is 20.4. The number of anilines is 2. The summed E-state index contributed by atoms with van der Waals surface area (Å²) in [5.74, 6) is 0.967. The molecule has 2 aliphatic rings. The van der Waals surface area contributed by atoms with Crippen molar-refractivity contribution in [2.45, 2.75) is 44.7 Å². The summed E-state index contributed by atoms with van der Waals surface area (Å²) in [7, 11) is 2.01. The van der Waals surface area contributed by atoms with Gasteiger partial charge in [0.25, 0.3) is 5.91 Å². The van der Waals surface area contributed by atoms with Crippen molar-refractivity contribution < 1.29 is 4.79 Å². The first-order valence-electron chi connectivity index (χ1n) is 12.2. The topological polar surface area (TPSA) is 77.8 Å². The number of carbonyl (C=O) groups is 1. The number of aromatic nitrogens is 3. The highest BCUT2D eigenvalue weighted by Gasteiger charge is 2.32. The van der Waals surface area contributed by atoms with Gasteiger partial charge in [0.15, 0.2) is 5.65 Å². The van der Waals surface area contributed by atoms with Gasteiger partial charge in [0.2, 0.25) is 0 Å². The van der Waals surface area contributed by atoms with Crippen LogP contribution in [0.25, 0.3) is 5.65 Å². The maximum Gasteiger partial charge on any atom is 0.256 e. The minimum Gasteiger partial charge on any atom is -0.355 e. The third kappa shape index (κ3) is 4.81.